The summed E-state index contributed by atoms with van der Waals surface area (Å²) in [7, 11) is 1.59. The number of benzene rings is 1. The van der Waals surface area contributed by atoms with Gasteiger partial charge in [0.2, 0.25) is 0 Å². The Labute approximate surface area is 78.8 Å². The molecule has 0 aliphatic rings. The third-order valence-electron chi connectivity index (χ3n) is 2.00. The van der Waals surface area contributed by atoms with Crippen molar-refractivity contribution in [1.82, 2.24) is 0 Å². The van der Waals surface area contributed by atoms with Crippen LogP contribution in [0.2, 0.25) is 0 Å². The fraction of sp³-hybridized carbons (Fsp3) is 0.364. The van der Waals surface area contributed by atoms with E-state index in [1.165, 1.54) is 0 Å². The number of ether oxygens (including phenoxy) is 1. The molecule has 0 fully saturated rings. The topological polar surface area (TPSA) is 33.0 Å². The van der Waals surface area contributed by atoms with Gasteiger partial charge in [0.05, 0.1) is 18.6 Å². The molecule has 0 bridgehead atoms. The molecular formula is C11H12NO. The molecule has 1 aromatic carbocycles. The number of hydrogen-bond acceptors (Lipinski definition) is 2. The van der Waals surface area contributed by atoms with Gasteiger partial charge in [0, 0.05) is 6.07 Å². The molecule has 1 aromatic rings. The zero-order valence-electron chi connectivity index (χ0n) is 8.09. The first-order valence-corrected chi connectivity index (χ1v) is 4.07. The molecule has 1 rings (SSSR count). The minimum Gasteiger partial charge on any atom is -0.496 e. The Hall–Kier alpha value is -1.49. The van der Waals surface area contributed by atoms with Crippen molar-refractivity contribution in [3.8, 4) is 11.8 Å². The van der Waals surface area contributed by atoms with Crippen molar-refractivity contribution in [3.05, 3.63) is 29.8 Å². The summed E-state index contributed by atoms with van der Waals surface area (Å²) in [5.41, 5.74) is 0.480. The third-order valence-corrected chi connectivity index (χ3v) is 2.00. The van der Waals surface area contributed by atoms with E-state index in [4.69, 9.17) is 10.00 Å². The van der Waals surface area contributed by atoms with Crippen LogP contribution in [0.5, 0.6) is 5.75 Å². The molecule has 0 saturated heterocycles. The number of rotatable bonds is 2. The van der Waals surface area contributed by atoms with E-state index in [2.05, 4.69) is 12.1 Å². The van der Waals surface area contributed by atoms with E-state index < -0.39 is 5.41 Å². The quantitative estimate of drug-likeness (QED) is 0.689. The number of nitriles is 1. The lowest BCUT2D eigenvalue weighted by Crippen LogP contribution is -2.13. The largest absolute Gasteiger partial charge is 0.496 e. The molecule has 0 N–H and O–H groups in total. The van der Waals surface area contributed by atoms with E-state index in [0.717, 1.165) is 5.56 Å². The van der Waals surface area contributed by atoms with Gasteiger partial charge in [-0.05, 0) is 25.5 Å². The van der Waals surface area contributed by atoms with Crippen LogP contribution in [0, 0.1) is 17.4 Å². The molecule has 0 amide bonds. The monoisotopic (exact) mass is 174 g/mol. The lowest BCUT2D eigenvalue weighted by Gasteiger charge is -2.15. The molecule has 0 atom stereocenters. The molecule has 0 heterocycles. The summed E-state index contributed by atoms with van der Waals surface area (Å²) in [6, 6.07) is 10.7. The van der Waals surface area contributed by atoms with Gasteiger partial charge < -0.3 is 4.74 Å². The van der Waals surface area contributed by atoms with Crippen LogP contribution in [0.3, 0.4) is 0 Å². The van der Waals surface area contributed by atoms with Gasteiger partial charge in [0.15, 0.2) is 0 Å². The fourth-order valence-electron chi connectivity index (χ4n) is 1.02. The molecule has 0 unspecified atom stereocenters. The maximum Gasteiger partial charge on any atom is 0.127 e. The van der Waals surface area contributed by atoms with E-state index in [1.807, 2.05) is 26.0 Å². The molecule has 2 heteroatoms. The SMILES string of the molecule is COc1[c]ccc(C(C)(C)C#N)c1. The summed E-state index contributed by atoms with van der Waals surface area (Å²) in [6.45, 7) is 3.75. The molecule has 0 saturated carbocycles. The second-order valence-corrected chi connectivity index (χ2v) is 3.38. The number of nitrogens with zero attached hydrogens (tertiary/aromatic N) is 1. The zero-order chi connectivity index (χ0) is 9.90. The Morgan fingerprint density at radius 1 is 1.54 bits per heavy atom. The second kappa shape index (κ2) is 3.49. The Morgan fingerprint density at radius 2 is 2.23 bits per heavy atom. The number of hydrogen-bond donors (Lipinski definition) is 0. The third kappa shape index (κ3) is 2.00. The van der Waals surface area contributed by atoms with Crippen molar-refractivity contribution in [2.24, 2.45) is 0 Å². The van der Waals surface area contributed by atoms with Crippen molar-refractivity contribution in [2.45, 2.75) is 19.3 Å². The Morgan fingerprint density at radius 3 is 2.77 bits per heavy atom. The van der Waals surface area contributed by atoms with Gasteiger partial charge in [0.1, 0.15) is 5.75 Å². The second-order valence-electron chi connectivity index (χ2n) is 3.38. The van der Waals surface area contributed by atoms with Crippen LogP contribution in [-0.2, 0) is 5.41 Å². The molecule has 13 heavy (non-hydrogen) atoms. The highest BCUT2D eigenvalue weighted by molar-refractivity contribution is 5.35. The molecule has 0 spiro atoms. The van der Waals surface area contributed by atoms with Crippen molar-refractivity contribution in [1.29, 1.82) is 5.26 Å². The Kier molecular flexibility index (Phi) is 2.57. The smallest absolute Gasteiger partial charge is 0.127 e. The van der Waals surface area contributed by atoms with Crippen molar-refractivity contribution in [2.75, 3.05) is 7.11 Å². The number of methoxy groups -OCH3 is 1. The first kappa shape index (κ1) is 9.60. The van der Waals surface area contributed by atoms with Crippen LogP contribution in [0.1, 0.15) is 19.4 Å². The van der Waals surface area contributed by atoms with E-state index in [-0.39, 0.29) is 0 Å². The highest BCUT2D eigenvalue weighted by Gasteiger charge is 2.19. The normalized spacial score (nSPS) is 10.6. The van der Waals surface area contributed by atoms with Gasteiger partial charge in [-0.1, -0.05) is 12.1 Å². The Balaban J connectivity index is 3.10. The van der Waals surface area contributed by atoms with Gasteiger partial charge in [0.25, 0.3) is 0 Å². The van der Waals surface area contributed by atoms with Gasteiger partial charge >= 0.3 is 0 Å². The van der Waals surface area contributed by atoms with Crippen LogP contribution in [-0.4, -0.2) is 7.11 Å². The van der Waals surface area contributed by atoms with E-state index in [9.17, 15) is 0 Å². The predicted molar refractivity (Wildman–Crippen MR) is 50.5 cm³/mol. The molecule has 0 aliphatic heterocycles. The van der Waals surface area contributed by atoms with Crippen molar-refractivity contribution < 1.29 is 4.74 Å². The maximum atomic E-state index is 8.91. The summed E-state index contributed by atoms with van der Waals surface area (Å²) < 4.78 is 5.03. The van der Waals surface area contributed by atoms with Crippen LogP contribution in [0.4, 0.5) is 0 Å². The zero-order valence-corrected chi connectivity index (χ0v) is 8.09. The first-order chi connectivity index (χ1) is 6.10. The predicted octanol–water partition coefficient (Wildman–Crippen LogP) is 2.30. The highest BCUT2D eigenvalue weighted by Crippen LogP contribution is 2.24. The summed E-state index contributed by atoms with van der Waals surface area (Å²) in [5, 5.41) is 8.91. The van der Waals surface area contributed by atoms with Crippen LogP contribution >= 0.6 is 0 Å². The van der Waals surface area contributed by atoms with Crippen LogP contribution in [0.25, 0.3) is 0 Å². The average Bonchev–Trinajstić information content (AvgIpc) is 2.18. The molecule has 1 radical (unpaired) electrons. The summed E-state index contributed by atoms with van der Waals surface area (Å²) in [5.74, 6) is 0.667. The fourth-order valence-corrected chi connectivity index (χ4v) is 1.02. The molecule has 67 valence electrons. The van der Waals surface area contributed by atoms with E-state index >= 15 is 0 Å². The van der Waals surface area contributed by atoms with E-state index in [1.54, 1.807) is 13.2 Å². The highest BCUT2D eigenvalue weighted by atomic mass is 16.5. The minimum atomic E-state index is -0.470. The Bertz CT molecular complexity index is 336. The molecular weight excluding hydrogens is 162 g/mol. The molecule has 0 aromatic heterocycles. The van der Waals surface area contributed by atoms with Crippen LogP contribution in [0.15, 0.2) is 18.2 Å². The maximum absolute atomic E-state index is 8.91. The molecule has 2 nitrogen and oxygen atoms in total. The molecule has 0 aliphatic carbocycles. The van der Waals surface area contributed by atoms with Gasteiger partial charge in [-0.25, -0.2) is 0 Å². The van der Waals surface area contributed by atoms with Gasteiger partial charge in [-0.15, -0.1) is 0 Å². The minimum absolute atomic E-state index is 0.470. The lowest BCUT2D eigenvalue weighted by molar-refractivity contribution is 0.412. The lowest BCUT2D eigenvalue weighted by atomic mass is 9.86. The van der Waals surface area contributed by atoms with Gasteiger partial charge in [-0.3, -0.25) is 0 Å². The van der Waals surface area contributed by atoms with Crippen molar-refractivity contribution >= 4 is 0 Å². The average molecular weight is 174 g/mol. The first-order valence-electron chi connectivity index (χ1n) is 4.07. The summed E-state index contributed by atoms with van der Waals surface area (Å²) in [4.78, 5) is 0. The van der Waals surface area contributed by atoms with E-state index in [0.29, 0.717) is 5.75 Å². The summed E-state index contributed by atoms with van der Waals surface area (Å²) >= 11 is 0. The van der Waals surface area contributed by atoms with Gasteiger partial charge in [-0.2, -0.15) is 5.26 Å². The summed E-state index contributed by atoms with van der Waals surface area (Å²) in [6.07, 6.45) is 0. The van der Waals surface area contributed by atoms with Crippen LogP contribution < -0.4 is 4.74 Å². The standard InChI is InChI=1S/C11H12NO/c1-11(2,8-12)9-5-4-6-10(7-9)13-3/h4-5,7H,1-3H3. The van der Waals surface area contributed by atoms with Crippen molar-refractivity contribution in [3.63, 3.8) is 0 Å².